The zero-order valence-corrected chi connectivity index (χ0v) is 20.9. The summed E-state index contributed by atoms with van der Waals surface area (Å²) >= 11 is 1.50. The second-order valence-corrected chi connectivity index (χ2v) is 10.3. The minimum absolute atomic E-state index is 0.118. The highest BCUT2D eigenvalue weighted by atomic mass is 32.2. The number of rotatable bonds is 8. The molecule has 0 unspecified atom stereocenters. The van der Waals surface area contributed by atoms with Crippen molar-refractivity contribution < 1.29 is 4.79 Å². The maximum absolute atomic E-state index is 13.5. The van der Waals surface area contributed by atoms with E-state index in [0.717, 1.165) is 29.5 Å². The molecule has 1 amide bonds. The van der Waals surface area contributed by atoms with Gasteiger partial charge in [0.1, 0.15) is 0 Å². The minimum atomic E-state index is -0.274. The molecule has 2 heterocycles. The average Bonchev–Trinajstić information content (AvgIpc) is 3.34. The van der Waals surface area contributed by atoms with E-state index < -0.39 is 0 Å². The summed E-state index contributed by atoms with van der Waals surface area (Å²) in [7, 11) is 4.14. The van der Waals surface area contributed by atoms with E-state index in [4.69, 9.17) is 0 Å². The van der Waals surface area contributed by atoms with Gasteiger partial charge in [-0.1, -0.05) is 67.2 Å². The van der Waals surface area contributed by atoms with Gasteiger partial charge in [-0.3, -0.25) is 9.69 Å². The number of benzene rings is 2. The number of fused-ring (bicyclic) bond motifs is 1. The van der Waals surface area contributed by atoms with Gasteiger partial charge in [0, 0.05) is 11.7 Å². The van der Waals surface area contributed by atoms with E-state index in [1.54, 1.807) is 0 Å². The molecule has 174 valence electrons. The molecule has 1 aliphatic rings. The standard InChI is InChI=1S/C26H33N5OS/c1-6-22(29(4)5)24-27-28-26(30(24)17-20-12-8-7-9-13-20)33-19(3)25(32)31-18(2)16-21-14-10-11-15-23(21)31/h7-15,18-19,22H,6,16-17H2,1-5H3/t18-,19-,22-/m0/s1. The van der Waals surface area contributed by atoms with Gasteiger partial charge in [-0.25, -0.2) is 0 Å². The monoisotopic (exact) mass is 463 g/mol. The van der Waals surface area contributed by atoms with Gasteiger partial charge in [0.05, 0.1) is 17.8 Å². The van der Waals surface area contributed by atoms with E-state index >= 15 is 0 Å². The van der Waals surface area contributed by atoms with Crippen molar-refractivity contribution in [2.45, 2.75) is 62.6 Å². The van der Waals surface area contributed by atoms with Crippen LogP contribution in [-0.4, -0.2) is 51.0 Å². The molecular formula is C26H33N5OS. The van der Waals surface area contributed by atoms with Crippen molar-refractivity contribution in [1.29, 1.82) is 0 Å². The lowest BCUT2D eigenvalue weighted by Crippen LogP contribution is -2.40. The zero-order valence-electron chi connectivity index (χ0n) is 20.1. The molecule has 0 spiro atoms. The van der Waals surface area contributed by atoms with Gasteiger partial charge in [0.25, 0.3) is 0 Å². The minimum Gasteiger partial charge on any atom is -0.308 e. The number of carbonyl (C=O) groups excluding carboxylic acids is 1. The fourth-order valence-corrected chi connectivity index (χ4v) is 5.54. The fourth-order valence-electron chi connectivity index (χ4n) is 4.63. The Hall–Kier alpha value is -2.64. The number of hydrogen-bond acceptors (Lipinski definition) is 5. The third kappa shape index (κ3) is 4.84. The van der Waals surface area contributed by atoms with Crippen LogP contribution in [0.5, 0.6) is 0 Å². The van der Waals surface area contributed by atoms with E-state index in [0.29, 0.717) is 6.54 Å². The molecule has 0 N–H and O–H groups in total. The summed E-state index contributed by atoms with van der Waals surface area (Å²) in [6, 6.07) is 18.9. The highest BCUT2D eigenvalue weighted by Gasteiger charge is 2.34. The van der Waals surface area contributed by atoms with Crippen molar-refractivity contribution >= 4 is 23.4 Å². The van der Waals surface area contributed by atoms with Crippen LogP contribution in [-0.2, 0) is 17.8 Å². The van der Waals surface area contributed by atoms with Crippen molar-refractivity contribution in [3.8, 4) is 0 Å². The van der Waals surface area contributed by atoms with Crippen molar-refractivity contribution in [3.05, 3.63) is 71.5 Å². The third-order valence-electron chi connectivity index (χ3n) is 6.31. The second kappa shape index (κ2) is 10.1. The van der Waals surface area contributed by atoms with E-state index in [9.17, 15) is 4.79 Å². The van der Waals surface area contributed by atoms with Gasteiger partial charge in [0.2, 0.25) is 5.91 Å². The SMILES string of the molecule is CC[C@@H](c1nnc(S[C@@H](C)C(=O)N2c3ccccc3C[C@@H]2C)n1Cc1ccccc1)N(C)C. The molecule has 4 rings (SSSR count). The molecule has 0 fully saturated rings. The Bertz CT molecular complexity index is 1100. The molecule has 3 atom stereocenters. The first kappa shape index (κ1) is 23.5. The summed E-state index contributed by atoms with van der Waals surface area (Å²) in [5, 5.41) is 9.66. The molecule has 33 heavy (non-hydrogen) atoms. The summed E-state index contributed by atoms with van der Waals surface area (Å²) < 4.78 is 2.18. The number of nitrogens with zero attached hydrogens (tertiary/aromatic N) is 5. The predicted molar refractivity (Wildman–Crippen MR) is 135 cm³/mol. The molecule has 0 saturated heterocycles. The lowest BCUT2D eigenvalue weighted by Gasteiger charge is -2.26. The summed E-state index contributed by atoms with van der Waals surface area (Å²) in [5.41, 5.74) is 3.46. The number of para-hydroxylation sites is 1. The van der Waals surface area contributed by atoms with E-state index in [1.807, 2.05) is 48.2 Å². The Kier molecular flexibility index (Phi) is 7.20. The summed E-state index contributed by atoms with van der Waals surface area (Å²) in [6.07, 6.45) is 1.83. The zero-order chi connectivity index (χ0) is 23.5. The topological polar surface area (TPSA) is 54.3 Å². The molecule has 7 heteroatoms. The van der Waals surface area contributed by atoms with Gasteiger partial charge in [0.15, 0.2) is 11.0 Å². The van der Waals surface area contributed by atoms with Crippen molar-refractivity contribution in [2.75, 3.05) is 19.0 Å². The molecule has 1 aliphatic heterocycles. The predicted octanol–water partition coefficient (Wildman–Crippen LogP) is 4.80. The maximum atomic E-state index is 13.5. The van der Waals surface area contributed by atoms with E-state index in [-0.39, 0.29) is 23.2 Å². The van der Waals surface area contributed by atoms with Crippen LogP contribution in [0, 0.1) is 0 Å². The first-order valence-corrected chi connectivity index (χ1v) is 12.5. The normalized spacial score (nSPS) is 17.3. The van der Waals surface area contributed by atoms with Crippen molar-refractivity contribution in [2.24, 2.45) is 0 Å². The van der Waals surface area contributed by atoms with Crippen LogP contribution in [0.3, 0.4) is 0 Å². The lowest BCUT2D eigenvalue weighted by molar-refractivity contribution is -0.118. The van der Waals surface area contributed by atoms with Gasteiger partial charge in [-0.15, -0.1) is 10.2 Å². The Morgan fingerprint density at radius 3 is 2.52 bits per heavy atom. The van der Waals surface area contributed by atoms with Crippen molar-refractivity contribution in [3.63, 3.8) is 0 Å². The van der Waals surface area contributed by atoms with Gasteiger partial charge in [-0.05, 0) is 58.0 Å². The molecular weight excluding hydrogens is 430 g/mol. The maximum Gasteiger partial charge on any atom is 0.240 e. The molecule has 0 radical (unpaired) electrons. The largest absolute Gasteiger partial charge is 0.308 e. The third-order valence-corrected chi connectivity index (χ3v) is 7.38. The Morgan fingerprint density at radius 2 is 1.82 bits per heavy atom. The lowest BCUT2D eigenvalue weighted by atomic mass is 10.1. The molecule has 6 nitrogen and oxygen atoms in total. The first-order chi connectivity index (χ1) is 15.9. The van der Waals surface area contributed by atoms with Gasteiger partial charge in [-0.2, -0.15) is 0 Å². The Labute approximate surface area is 201 Å². The highest BCUT2D eigenvalue weighted by molar-refractivity contribution is 8.00. The van der Waals surface area contributed by atoms with Crippen LogP contribution in [0.1, 0.15) is 50.2 Å². The van der Waals surface area contributed by atoms with Crippen LogP contribution >= 0.6 is 11.8 Å². The molecule has 0 saturated carbocycles. The second-order valence-electron chi connectivity index (χ2n) is 8.95. The Morgan fingerprint density at radius 1 is 1.12 bits per heavy atom. The number of thioether (sulfide) groups is 1. The van der Waals surface area contributed by atoms with Crippen LogP contribution in [0.2, 0.25) is 0 Å². The van der Waals surface area contributed by atoms with Crippen LogP contribution in [0.15, 0.2) is 59.8 Å². The molecule has 1 aromatic heterocycles. The Balaban J connectivity index is 1.62. The van der Waals surface area contributed by atoms with Gasteiger partial charge < -0.3 is 9.47 Å². The van der Waals surface area contributed by atoms with E-state index in [2.05, 4.69) is 65.8 Å². The number of carbonyl (C=O) groups is 1. The van der Waals surface area contributed by atoms with Crippen LogP contribution in [0.25, 0.3) is 0 Å². The molecule has 0 bridgehead atoms. The fraction of sp³-hybridized carbons (Fsp3) is 0.423. The summed E-state index contributed by atoms with van der Waals surface area (Å²) in [6.45, 7) is 6.94. The summed E-state index contributed by atoms with van der Waals surface area (Å²) in [5.74, 6) is 1.06. The number of hydrogen-bond donors (Lipinski definition) is 0. The first-order valence-electron chi connectivity index (χ1n) is 11.6. The van der Waals surface area contributed by atoms with Crippen molar-refractivity contribution in [1.82, 2.24) is 19.7 Å². The number of amides is 1. The quantitative estimate of drug-likeness (QED) is 0.449. The van der Waals surface area contributed by atoms with Crippen LogP contribution < -0.4 is 4.90 Å². The smallest absolute Gasteiger partial charge is 0.240 e. The van der Waals surface area contributed by atoms with Gasteiger partial charge >= 0.3 is 0 Å². The molecule has 3 aromatic rings. The number of anilines is 1. The van der Waals surface area contributed by atoms with Crippen LogP contribution in [0.4, 0.5) is 5.69 Å². The molecule has 2 aromatic carbocycles. The number of aromatic nitrogens is 3. The van der Waals surface area contributed by atoms with E-state index in [1.165, 1.54) is 22.9 Å². The summed E-state index contributed by atoms with van der Waals surface area (Å²) in [4.78, 5) is 17.7. The highest BCUT2D eigenvalue weighted by Crippen LogP contribution is 2.35. The average molecular weight is 464 g/mol. The molecule has 0 aliphatic carbocycles.